The van der Waals surface area contributed by atoms with Crippen LogP contribution in [0, 0.1) is 13.8 Å². The normalized spacial score (nSPS) is 12.4. The van der Waals surface area contributed by atoms with Crippen LogP contribution in [0.15, 0.2) is 36.4 Å². The van der Waals surface area contributed by atoms with E-state index in [1.807, 2.05) is 18.2 Å². The molecule has 2 aromatic rings. The van der Waals surface area contributed by atoms with Crippen molar-refractivity contribution in [1.29, 1.82) is 0 Å². The number of nitrogens with two attached hydrogens (primary N) is 2. The van der Waals surface area contributed by atoms with E-state index in [0.717, 1.165) is 11.1 Å². The molecule has 4 heteroatoms. The number of halogens is 1. The third-order valence-electron chi connectivity index (χ3n) is 3.48. The monoisotopic (exact) mass is 275 g/mol. The Balaban J connectivity index is 2.53. The van der Waals surface area contributed by atoms with Gasteiger partial charge in [0.05, 0.1) is 6.04 Å². The first kappa shape index (κ1) is 13.9. The second-order valence-corrected chi connectivity index (χ2v) is 5.10. The maximum absolute atomic E-state index is 6.04. The van der Waals surface area contributed by atoms with E-state index in [1.54, 1.807) is 6.07 Å². The SMILES string of the molecule is Cc1cccc(C(NN)c2ccc(Cl)cc2N)c1C. The highest BCUT2D eigenvalue weighted by atomic mass is 35.5. The first-order valence-electron chi connectivity index (χ1n) is 6.11. The Morgan fingerprint density at radius 2 is 1.84 bits per heavy atom. The molecule has 0 fully saturated rings. The molecule has 0 aliphatic carbocycles. The molecular weight excluding hydrogens is 258 g/mol. The van der Waals surface area contributed by atoms with Crippen LogP contribution in [0.5, 0.6) is 0 Å². The lowest BCUT2D eigenvalue weighted by Crippen LogP contribution is -2.30. The van der Waals surface area contributed by atoms with Crippen molar-refractivity contribution in [3.05, 3.63) is 63.7 Å². The highest BCUT2D eigenvalue weighted by Gasteiger charge is 2.17. The number of nitrogens with one attached hydrogen (secondary N) is 1. The van der Waals surface area contributed by atoms with Gasteiger partial charge in [0.25, 0.3) is 0 Å². The number of anilines is 1. The fourth-order valence-corrected chi connectivity index (χ4v) is 2.42. The third kappa shape index (κ3) is 2.73. The number of nitrogen functional groups attached to an aromatic ring is 1. The molecule has 0 bridgehead atoms. The van der Waals surface area contributed by atoms with Crippen LogP contribution in [0.2, 0.25) is 5.02 Å². The Bertz CT molecular complexity index is 596. The maximum Gasteiger partial charge on any atom is 0.0732 e. The van der Waals surface area contributed by atoms with E-state index >= 15 is 0 Å². The van der Waals surface area contributed by atoms with E-state index < -0.39 is 0 Å². The molecule has 2 rings (SSSR count). The van der Waals surface area contributed by atoms with Gasteiger partial charge in [0.2, 0.25) is 0 Å². The predicted octanol–water partition coefficient (Wildman–Crippen LogP) is 3.09. The molecule has 0 saturated carbocycles. The third-order valence-corrected chi connectivity index (χ3v) is 3.72. The zero-order valence-corrected chi connectivity index (χ0v) is 11.8. The highest BCUT2D eigenvalue weighted by Crippen LogP contribution is 2.30. The molecule has 1 unspecified atom stereocenters. The minimum absolute atomic E-state index is 0.142. The Labute approximate surface area is 118 Å². The number of hydrogen-bond donors (Lipinski definition) is 3. The minimum Gasteiger partial charge on any atom is -0.398 e. The molecular formula is C15H18ClN3. The maximum atomic E-state index is 6.04. The van der Waals surface area contributed by atoms with Gasteiger partial charge in [0.15, 0.2) is 0 Å². The molecule has 0 saturated heterocycles. The Morgan fingerprint density at radius 3 is 2.47 bits per heavy atom. The topological polar surface area (TPSA) is 64.1 Å². The van der Waals surface area contributed by atoms with Crippen molar-refractivity contribution >= 4 is 17.3 Å². The standard InChI is InChI=1S/C15H18ClN3/c1-9-4-3-5-12(10(9)2)15(19-18)13-7-6-11(16)8-14(13)17/h3-8,15,19H,17-18H2,1-2H3. The molecule has 0 aromatic heterocycles. The van der Waals surface area contributed by atoms with Gasteiger partial charge in [0, 0.05) is 10.7 Å². The van der Waals surface area contributed by atoms with E-state index in [-0.39, 0.29) is 6.04 Å². The molecule has 3 nitrogen and oxygen atoms in total. The smallest absolute Gasteiger partial charge is 0.0732 e. The molecule has 0 amide bonds. The fourth-order valence-electron chi connectivity index (χ4n) is 2.24. The summed E-state index contributed by atoms with van der Waals surface area (Å²) in [6, 6.07) is 11.5. The summed E-state index contributed by atoms with van der Waals surface area (Å²) in [5, 5.41) is 0.623. The first-order chi connectivity index (χ1) is 9.04. The quantitative estimate of drug-likeness (QED) is 0.458. The predicted molar refractivity (Wildman–Crippen MR) is 80.9 cm³/mol. The van der Waals surface area contributed by atoms with Crippen LogP contribution in [0.1, 0.15) is 28.3 Å². The highest BCUT2D eigenvalue weighted by molar-refractivity contribution is 6.30. The van der Waals surface area contributed by atoms with Gasteiger partial charge in [-0.15, -0.1) is 0 Å². The van der Waals surface area contributed by atoms with Crippen molar-refractivity contribution in [1.82, 2.24) is 5.43 Å². The van der Waals surface area contributed by atoms with Crippen LogP contribution in [0.4, 0.5) is 5.69 Å². The van der Waals surface area contributed by atoms with Gasteiger partial charge in [-0.2, -0.15) is 0 Å². The van der Waals surface area contributed by atoms with Crippen molar-refractivity contribution < 1.29 is 0 Å². The molecule has 0 radical (unpaired) electrons. The molecule has 0 aliphatic heterocycles. The largest absolute Gasteiger partial charge is 0.398 e. The molecule has 100 valence electrons. The van der Waals surface area contributed by atoms with Crippen molar-refractivity contribution in [3.8, 4) is 0 Å². The van der Waals surface area contributed by atoms with E-state index in [4.69, 9.17) is 23.2 Å². The molecule has 2 aromatic carbocycles. The number of benzene rings is 2. The van der Waals surface area contributed by atoms with E-state index in [1.165, 1.54) is 11.1 Å². The molecule has 0 spiro atoms. The van der Waals surface area contributed by atoms with Crippen LogP contribution in [0.25, 0.3) is 0 Å². The van der Waals surface area contributed by atoms with Crippen molar-refractivity contribution in [2.24, 2.45) is 5.84 Å². The van der Waals surface area contributed by atoms with Crippen LogP contribution < -0.4 is 17.0 Å². The summed E-state index contributed by atoms with van der Waals surface area (Å²) in [7, 11) is 0. The van der Waals surface area contributed by atoms with Gasteiger partial charge in [-0.05, 0) is 48.2 Å². The Kier molecular flexibility index (Phi) is 4.10. The van der Waals surface area contributed by atoms with E-state index in [2.05, 4.69) is 31.4 Å². The van der Waals surface area contributed by atoms with Gasteiger partial charge >= 0.3 is 0 Å². The summed E-state index contributed by atoms with van der Waals surface area (Å²) < 4.78 is 0. The minimum atomic E-state index is -0.142. The van der Waals surface area contributed by atoms with Crippen LogP contribution >= 0.6 is 11.6 Å². The zero-order chi connectivity index (χ0) is 14.0. The summed E-state index contributed by atoms with van der Waals surface area (Å²) >= 11 is 5.94. The molecule has 1 atom stereocenters. The first-order valence-corrected chi connectivity index (χ1v) is 6.49. The fraction of sp³-hybridized carbons (Fsp3) is 0.200. The number of hydrazine groups is 1. The zero-order valence-electron chi connectivity index (χ0n) is 11.1. The lowest BCUT2D eigenvalue weighted by atomic mass is 9.92. The van der Waals surface area contributed by atoms with E-state index in [9.17, 15) is 0 Å². The lowest BCUT2D eigenvalue weighted by Gasteiger charge is -2.21. The lowest BCUT2D eigenvalue weighted by molar-refractivity contribution is 0.635. The van der Waals surface area contributed by atoms with Crippen molar-refractivity contribution in [2.75, 3.05) is 5.73 Å². The Morgan fingerprint density at radius 1 is 1.11 bits per heavy atom. The summed E-state index contributed by atoms with van der Waals surface area (Å²) in [6.07, 6.45) is 0. The van der Waals surface area contributed by atoms with E-state index in [0.29, 0.717) is 10.7 Å². The van der Waals surface area contributed by atoms with Gasteiger partial charge in [0.1, 0.15) is 0 Å². The Hall–Kier alpha value is -1.55. The van der Waals surface area contributed by atoms with Gasteiger partial charge in [-0.25, -0.2) is 5.43 Å². The number of aryl methyl sites for hydroxylation is 1. The molecule has 0 aliphatic rings. The molecule has 5 N–H and O–H groups in total. The van der Waals surface area contributed by atoms with Gasteiger partial charge in [-0.1, -0.05) is 35.9 Å². The number of hydrogen-bond acceptors (Lipinski definition) is 3. The average Bonchev–Trinajstić information content (AvgIpc) is 2.37. The van der Waals surface area contributed by atoms with Gasteiger partial charge in [-0.3, -0.25) is 5.84 Å². The second kappa shape index (κ2) is 5.61. The summed E-state index contributed by atoms with van der Waals surface area (Å²) in [5.74, 6) is 5.72. The average molecular weight is 276 g/mol. The molecule has 19 heavy (non-hydrogen) atoms. The van der Waals surface area contributed by atoms with Crippen LogP contribution in [-0.4, -0.2) is 0 Å². The van der Waals surface area contributed by atoms with Crippen LogP contribution in [-0.2, 0) is 0 Å². The number of rotatable bonds is 3. The van der Waals surface area contributed by atoms with Crippen molar-refractivity contribution in [3.63, 3.8) is 0 Å². The summed E-state index contributed by atoms with van der Waals surface area (Å²) in [5.41, 5.74) is 14.0. The van der Waals surface area contributed by atoms with Crippen molar-refractivity contribution in [2.45, 2.75) is 19.9 Å². The summed E-state index contributed by atoms with van der Waals surface area (Å²) in [6.45, 7) is 4.17. The van der Waals surface area contributed by atoms with Gasteiger partial charge < -0.3 is 5.73 Å². The van der Waals surface area contributed by atoms with Crippen LogP contribution in [0.3, 0.4) is 0 Å². The summed E-state index contributed by atoms with van der Waals surface area (Å²) in [4.78, 5) is 0. The molecule has 0 heterocycles. The second-order valence-electron chi connectivity index (χ2n) is 4.66.